The first-order valence-electron chi connectivity index (χ1n) is 12.4. The van der Waals surface area contributed by atoms with E-state index in [0.29, 0.717) is 12.1 Å². The predicted molar refractivity (Wildman–Crippen MR) is 158 cm³/mol. The topological polar surface area (TPSA) is 49.3 Å². The Morgan fingerprint density at radius 3 is 2.32 bits per heavy atom. The molecule has 0 saturated heterocycles. The third-order valence-electron chi connectivity index (χ3n) is 6.64. The molecule has 3 aromatic carbocycles. The Hall–Kier alpha value is -3.32. The second-order valence-corrected chi connectivity index (χ2v) is 9.85. The van der Waals surface area contributed by atoms with Crippen molar-refractivity contribution in [3.8, 4) is 11.3 Å². The van der Waals surface area contributed by atoms with Gasteiger partial charge in [0.1, 0.15) is 0 Å². The Morgan fingerprint density at radius 2 is 1.59 bits per heavy atom. The number of amides is 1. The number of carbonyl (C=O) groups is 1. The smallest absolute Gasteiger partial charge is 0.260 e. The Kier molecular flexibility index (Phi) is 8.54. The molecule has 0 spiro atoms. The molecule has 2 heterocycles. The van der Waals surface area contributed by atoms with E-state index in [0.717, 1.165) is 62.7 Å². The molecule has 0 aliphatic carbocycles. The fourth-order valence-corrected chi connectivity index (χ4v) is 5.58. The van der Waals surface area contributed by atoms with Gasteiger partial charge in [0.25, 0.3) is 5.91 Å². The highest BCUT2D eigenvalue weighted by molar-refractivity contribution is 7.22. The van der Waals surface area contributed by atoms with Gasteiger partial charge in [-0.2, -0.15) is 0 Å². The molecule has 0 aliphatic heterocycles. The van der Waals surface area contributed by atoms with E-state index in [2.05, 4.69) is 37.8 Å². The quantitative estimate of drug-likeness (QED) is 0.212. The van der Waals surface area contributed by atoms with Crippen LogP contribution in [0.4, 0.5) is 5.13 Å². The second-order valence-electron chi connectivity index (χ2n) is 8.84. The maximum atomic E-state index is 14.3. The first-order chi connectivity index (χ1) is 17.6. The number of fused-ring (bicyclic) bond motifs is 2. The molecule has 5 rings (SSSR count). The van der Waals surface area contributed by atoms with Crippen molar-refractivity contribution >= 4 is 55.9 Å². The van der Waals surface area contributed by atoms with Crippen LogP contribution in [0.15, 0.2) is 78.9 Å². The number of pyridine rings is 1. The molecule has 0 radical (unpaired) electrons. The summed E-state index contributed by atoms with van der Waals surface area (Å²) in [5, 5.41) is 1.59. The van der Waals surface area contributed by atoms with Crippen LogP contribution in [0, 0.1) is 6.92 Å². The fraction of sp³-hybridized carbons (Fsp3) is 0.233. The zero-order chi connectivity index (χ0) is 25.1. The van der Waals surface area contributed by atoms with E-state index in [-0.39, 0.29) is 18.3 Å². The number of para-hydroxylation sites is 2. The summed E-state index contributed by atoms with van der Waals surface area (Å²) < 4.78 is 1.09. The molecule has 5 aromatic rings. The lowest BCUT2D eigenvalue weighted by Crippen LogP contribution is -2.39. The first kappa shape index (κ1) is 26.7. The number of likely N-dealkylation sites (N-methyl/N-ethyl adjacent to an activating group) is 1. The molecule has 190 valence electrons. The van der Waals surface area contributed by atoms with E-state index < -0.39 is 0 Å². The van der Waals surface area contributed by atoms with Gasteiger partial charge in [-0.1, -0.05) is 85.8 Å². The fourth-order valence-electron chi connectivity index (χ4n) is 4.51. The molecule has 0 saturated carbocycles. The van der Waals surface area contributed by atoms with Crippen LogP contribution in [-0.2, 0) is 0 Å². The minimum Gasteiger partial charge on any atom is -0.302 e. The summed E-state index contributed by atoms with van der Waals surface area (Å²) in [6.07, 6.45) is 0. The number of aryl methyl sites for hydroxylation is 1. The molecule has 0 N–H and O–H groups in total. The van der Waals surface area contributed by atoms with Crippen LogP contribution in [0.1, 0.15) is 29.8 Å². The highest BCUT2D eigenvalue weighted by atomic mass is 35.5. The second kappa shape index (κ2) is 11.8. The number of halogens is 1. The van der Waals surface area contributed by atoms with Gasteiger partial charge in [-0.25, -0.2) is 9.97 Å². The number of anilines is 1. The predicted octanol–water partition coefficient (Wildman–Crippen LogP) is 7.23. The molecule has 7 heteroatoms. The molecule has 0 aliphatic rings. The number of nitrogens with zero attached hydrogens (tertiary/aromatic N) is 4. The molecule has 0 bridgehead atoms. The summed E-state index contributed by atoms with van der Waals surface area (Å²) in [7, 11) is 0. The molecule has 5 nitrogen and oxygen atoms in total. The molecular weight excluding hydrogens is 500 g/mol. The van der Waals surface area contributed by atoms with E-state index in [1.165, 1.54) is 0 Å². The third kappa shape index (κ3) is 5.52. The van der Waals surface area contributed by atoms with Gasteiger partial charge in [0.2, 0.25) is 0 Å². The molecule has 0 atom stereocenters. The van der Waals surface area contributed by atoms with E-state index >= 15 is 0 Å². The van der Waals surface area contributed by atoms with Gasteiger partial charge in [-0.3, -0.25) is 9.69 Å². The summed E-state index contributed by atoms with van der Waals surface area (Å²) in [5.74, 6) is -0.0466. The van der Waals surface area contributed by atoms with Crippen LogP contribution >= 0.6 is 23.7 Å². The Balaban J connectivity index is 0.00000320. The lowest BCUT2D eigenvalue weighted by atomic mass is 10.0. The van der Waals surface area contributed by atoms with E-state index in [1.807, 2.05) is 71.6 Å². The molecule has 0 unspecified atom stereocenters. The lowest BCUT2D eigenvalue weighted by molar-refractivity contribution is 0.0985. The minimum atomic E-state index is -0.0466. The number of aromatic nitrogens is 2. The van der Waals surface area contributed by atoms with Gasteiger partial charge in [-0.15, -0.1) is 12.4 Å². The number of carbonyl (C=O) groups excluding carboxylic acids is 1. The molecule has 0 fully saturated rings. The summed E-state index contributed by atoms with van der Waals surface area (Å²) in [5.41, 5.74) is 5.32. The molecule has 1 amide bonds. The van der Waals surface area contributed by atoms with Crippen molar-refractivity contribution in [2.45, 2.75) is 20.8 Å². The number of hydrogen-bond donors (Lipinski definition) is 0. The third-order valence-corrected chi connectivity index (χ3v) is 7.68. The average molecular weight is 531 g/mol. The first-order valence-corrected chi connectivity index (χ1v) is 13.3. The van der Waals surface area contributed by atoms with Crippen molar-refractivity contribution in [1.82, 2.24) is 14.9 Å². The highest BCUT2D eigenvalue weighted by Crippen LogP contribution is 2.33. The maximum Gasteiger partial charge on any atom is 0.260 e. The minimum absolute atomic E-state index is 0. The Labute approximate surface area is 228 Å². The van der Waals surface area contributed by atoms with Crippen molar-refractivity contribution in [3.63, 3.8) is 0 Å². The molecule has 37 heavy (non-hydrogen) atoms. The number of benzene rings is 3. The standard InChI is InChI=1S/C30H30N4OS.ClH/c1-4-33(5-2)18-19-34(30-32-28-21(3)12-11-17-27(28)36-30)29(35)24-20-26(22-13-7-6-8-14-22)31-25-16-10-9-15-23(24)25;/h6-17,20H,4-5,18-19H2,1-3H3;1H. The van der Waals surface area contributed by atoms with Gasteiger partial charge in [0, 0.05) is 24.0 Å². The normalized spacial score (nSPS) is 11.1. The Morgan fingerprint density at radius 1 is 0.865 bits per heavy atom. The van der Waals surface area contributed by atoms with E-state index in [9.17, 15) is 4.79 Å². The van der Waals surface area contributed by atoms with Crippen LogP contribution in [-0.4, -0.2) is 47.0 Å². The summed E-state index contributed by atoms with van der Waals surface area (Å²) >= 11 is 1.58. The van der Waals surface area contributed by atoms with Gasteiger partial charge in [0.15, 0.2) is 5.13 Å². The van der Waals surface area contributed by atoms with Gasteiger partial charge in [0.05, 0.1) is 27.0 Å². The zero-order valence-electron chi connectivity index (χ0n) is 21.3. The van der Waals surface area contributed by atoms with Crippen LogP contribution in [0.3, 0.4) is 0 Å². The highest BCUT2D eigenvalue weighted by Gasteiger charge is 2.25. The van der Waals surface area contributed by atoms with Crippen molar-refractivity contribution < 1.29 is 4.79 Å². The number of hydrogen-bond acceptors (Lipinski definition) is 5. The van der Waals surface area contributed by atoms with Gasteiger partial charge < -0.3 is 4.90 Å². The molecule has 2 aromatic heterocycles. The maximum absolute atomic E-state index is 14.3. The summed E-state index contributed by atoms with van der Waals surface area (Å²) in [4.78, 5) is 28.3. The van der Waals surface area contributed by atoms with Crippen molar-refractivity contribution in [2.75, 3.05) is 31.1 Å². The van der Waals surface area contributed by atoms with E-state index in [1.54, 1.807) is 11.3 Å². The van der Waals surface area contributed by atoms with Crippen LogP contribution in [0.5, 0.6) is 0 Å². The number of thiazole rings is 1. The van der Waals surface area contributed by atoms with E-state index in [4.69, 9.17) is 9.97 Å². The summed E-state index contributed by atoms with van der Waals surface area (Å²) in [6, 6.07) is 26.0. The Bertz CT molecular complexity index is 1510. The lowest BCUT2D eigenvalue weighted by Gasteiger charge is -2.25. The SMILES string of the molecule is CCN(CC)CCN(C(=O)c1cc(-c2ccccc2)nc2ccccc12)c1nc2c(C)cccc2s1.Cl. The van der Waals surface area contributed by atoms with Crippen LogP contribution < -0.4 is 4.90 Å². The zero-order valence-corrected chi connectivity index (χ0v) is 23.0. The number of rotatable bonds is 8. The van der Waals surface area contributed by atoms with Gasteiger partial charge in [-0.05, 0) is 43.8 Å². The largest absolute Gasteiger partial charge is 0.302 e. The summed E-state index contributed by atoms with van der Waals surface area (Å²) in [6.45, 7) is 9.59. The average Bonchev–Trinajstić information content (AvgIpc) is 3.36. The molecular formula is C30H31ClN4OS. The van der Waals surface area contributed by atoms with Crippen molar-refractivity contribution in [1.29, 1.82) is 0 Å². The van der Waals surface area contributed by atoms with Gasteiger partial charge >= 0.3 is 0 Å². The van der Waals surface area contributed by atoms with Crippen molar-refractivity contribution in [3.05, 3.63) is 90.0 Å². The van der Waals surface area contributed by atoms with Crippen LogP contribution in [0.25, 0.3) is 32.4 Å². The monoisotopic (exact) mass is 530 g/mol. The van der Waals surface area contributed by atoms with Crippen LogP contribution in [0.2, 0.25) is 0 Å². The van der Waals surface area contributed by atoms with Crippen molar-refractivity contribution in [2.24, 2.45) is 0 Å².